The minimum absolute atomic E-state index is 0.136. The maximum Gasteiger partial charge on any atom is 0.227 e. The Labute approximate surface area is 166 Å². The van der Waals surface area contributed by atoms with Crippen LogP contribution in [0.3, 0.4) is 0 Å². The molecule has 1 aliphatic heterocycles. The van der Waals surface area contributed by atoms with E-state index in [1.165, 1.54) is 17.0 Å². The quantitative estimate of drug-likeness (QED) is 0.686. The topological polar surface area (TPSA) is 93.0 Å². The SMILES string of the molecule is O=C(NCCn1ccnc1-c1ncccn1)C1CC(=O)N(c2ccc(F)cc2)C1. The maximum atomic E-state index is 13.1. The lowest BCUT2D eigenvalue weighted by Crippen LogP contribution is -2.34. The summed E-state index contributed by atoms with van der Waals surface area (Å²) in [5, 5.41) is 2.88. The van der Waals surface area contributed by atoms with Crippen LogP contribution in [0.1, 0.15) is 6.42 Å². The summed E-state index contributed by atoms with van der Waals surface area (Å²) in [5.74, 6) is 0.00994. The molecule has 8 nitrogen and oxygen atoms in total. The van der Waals surface area contributed by atoms with Gasteiger partial charge in [-0.25, -0.2) is 19.3 Å². The van der Waals surface area contributed by atoms with Gasteiger partial charge in [-0.2, -0.15) is 0 Å². The Morgan fingerprint density at radius 2 is 1.90 bits per heavy atom. The molecule has 2 amide bonds. The number of amides is 2. The van der Waals surface area contributed by atoms with Crippen LogP contribution in [0.25, 0.3) is 11.6 Å². The van der Waals surface area contributed by atoms with Gasteiger partial charge in [-0.1, -0.05) is 0 Å². The van der Waals surface area contributed by atoms with Crippen molar-refractivity contribution < 1.29 is 14.0 Å². The van der Waals surface area contributed by atoms with E-state index in [0.29, 0.717) is 30.4 Å². The van der Waals surface area contributed by atoms with Crippen molar-refractivity contribution in [3.05, 3.63) is 60.9 Å². The van der Waals surface area contributed by atoms with Gasteiger partial charge in [0.2, 0.25) is 11.8 Å². The molecule has 0 saturated carbocycles. The summed E-state index contributed by atoms with van der Waals surface area (Å²) >= 11 is 0. The molecule has 1 aliphatic rings. The van der Waals surface area contributed by atoms with Crippen LogP contribution in [-0.4, -0.2) is 44.4 Å². The second-order valence-electron chi connectivity index (χ2n) is 6.69. The number of imidazole rings is 1. The van der Waals surface area contributed by atoms with Gasteiger partial charge >= 0.3 is 0 Å². The average molecular weight is 394 g/mol. The molecule has 3 aromatic rings. The summed E-state index contributed by atoms with van der Waals surface area (Å²) < 4.78 is 14.9. The van der Waals surface area contributed by atoms with Crippen molar-refractivity contribution in [1.82, 2.24) is 24.8 Å². The lowest BCUT2D eigenvalue weighted by molar-refractivity contribution is -0.126. The zero-order valence-corrected chi connectivity index (χ0v) is 15.5. The van der Waals surface area contributed by atoms with E-state index in [-0.39, 0.29) is 30.6 Å². The van der Waals surface area contributed by atoms with E-state index in [1.807, 2.05) is 4.57 Å². The highest BCUT2D eigenvalue weighted by molar-refractivity contribution is 6.00. The maximum absolute atomic E-state index is 13.1. The number of rotatable bonds is 6. The highest BCUT2D eigenvalue weighted by Crippen LogP contribution is 2.25. The minimum Gasteiger partial charge on any atom is -0.354 e. The Morgan fingerprint density at radius 3 is 2.66 bits per heavy atom. The van der Waals surface area contributed by atoms with Crippen LogP contribution in [0, 0.1) is 11.7 Å². The molecule has 0 radical (unpaired) electrons. The predicted octanol–water partition coefficient (Wildman–Crippen LogP) is 1.65. The van der Waals surface area contributed by atoms with E-state index in [4.69, 9.17) is 0 Å². The van der Waals surface area contributed by atoms with Gasteiger partial charge in [0.15, 0.2) is 11.6 Å². The van der Waals surface area contributed by atoms with Gasteiger partial charge in [-0.15, -0.1) is 0 Å². The second kappa shape index (κ2) is 8.17. The number of anilines is 1. The Balaban J connectivity index is 1.33. The van der Waals surface area contributed by atoms with Crippen LogP contribution in [-0.2, 0) is 16.1 Å². The fourth-order valence-electron chi connectivity index (χ4n) is 3.31. The van der Waals surface area contributed by atoms with Crippen molar-refractivity contribution in [3.63, 3.8) is 0 Å². The molecule has 9 heteroatoms. The molecule has 1 fully saturated rings. The van der Waals surface area contributed by atoms with Gasteiger partial charge in [-0.3, -0.25) is 9.59 Å². The van der Waals surface area contributed by atoms with Crippen molar-refractivity contribution in [2.75, 3.05) is 18.0 Å². The summed E-state index contributed by atoms with van der Waals surface area (Å²) in [6.45, 7) is 1.17. The van der Waals surface area contributed by atoms with Crippen LogP contribution < -0.4 is 10.2 Å². The highest BCUT2D eigenvalue weighted by atomic mass is 19.1. The molecule has 1 atom stereocenters. The zero-order valence-electron chi connectivity index (χ0n) is 15.5. The molecule has 3 heterocycles. The predicted molar refractivity (Wildman–Crippen MR) is 103 cm³/mol. The number of benzene rings is 1. The first kappa shape index (κ1) is 18.7. The van der Waals surface area contributed by atoms with Crippen molar-refractivity contribution in [2.45, 2.75) is 13.0 Å². The van der Waals surface area contributed by atoms with Gasteiger partial charge in [0.25, 0.3) is 0 Å². The molecule has 0 spiro atoms. The number of halogens is 1. The molecule has 29 heavy (non-hydrogen) atoms. The van der Waals surface area contributed by atoms with Gasteiger partial charge in [0, 0.05) is 56.5 Å². The van der Waals surface area contributed by atoms with Crippen LogP contribution in [0.5, 0.6) is 0 Å². The van der Waals surface area contributed by atoms with Crippen LogP contribution in [0.15, 0.2) is 55.1 Å². The third kappa shape index (κ3) is 4.13. The lowest BCUT2D eigenvalue weighted by atomic mass is 10.1. The Bertz CT molecular complexity index is 1010. The van der Waals surface area contributed by atoms with Crippen molar-refractivity contribution in [2.24, 2.45) is 5.92 Å². The third-order valence-corrected chi connectivity index (χ3v) is 4.77. The van der Waals surface area contributed by atoms with E-state index in [1.54, 1.807) is 43.0 Å². The number of carbonyl (C=O) groups excluding carboxylic acids is 2. The van der Waals surface area contributed by atoms with E-state index in [9.17, 15) is 14.0 Å². The summed E-state index contributed by atoms with van der Waals surface area (Å²) in [5.41, 5.74) is 0.595. The van der Waals surface area contributed by atoms with Crippen molar-refractivity contribution in [3.8, 4) is 11.6 Å². The van der Waals surface area contributed by atoms with Crippen LogP contribution in [0.2, 0.25) is 0 Å². The number of carbonyl (C=O) groups is 2. The molecule has 0 aliphatic carbocycles. The van der Waals surface area contributed by atoms with Crippen molar-refractivity contribution in [1.29, 1.82) is 0 Å². The van der Waals surface area contributed by atoms with Crippen LogP contribution in [0.4, 0.5) is 10.1 Å². The molecule has 1 saturated heterocycles. The fourth-order valence-corrected chi connectivity index (χ4v) is 3.31. The number of hydrogen-bond acceptors (Lipinski definition) is 5. The van der Waals surface area contributed by atoms with Gasteiger partial charge in [-0.05, 0) is 30.3 Å². The number of nitrogens with zero attached hydrogens (tertiary/aromatic N) is 5. The minimum atomic E-state index is -0.438. The first-order valence-electron chi connectivity index (χ1n) is 9.24. The largest absolute Gasteiger partial charge is 0.354 e. The Hall–Kier alpha value is -3.62. The summed E-state index contributed by atoms with van der Waals surface area (Å²) in [7, 11) is 0. The number of hydrogen-bond donors (Lipinski definition) is 1. The standard InChI is InChI=1S/C20H19FN6O2/c21-15-2-4-16(5-3-15)27-13-14(12-17(27)28)20(29)25-9-11-26-10-8-24-19(26)18-22-6-1-7-23-18/h1-8,10,14H,9,11-13H2,(H,25,29). The van der Waals surface area contributed by atoms with Gasteiger partial charge in [0.1, 0.15) is 5.82 Å². The zero-order chi connectivity index (χ0) is 20.2. The smallest absolute Gasteiger partial charge is 0.227 e. The molecular formula is C20H19FN6O2. The van der Waals surface area contributed by atoms with Gasteiger partial charge in [0.05, 0.1) is 5.92 Å². The molecular weight excluding hydrogens is 375 g/mol. The van der Waals surface area contributed by atoms with Crippen LogP contribution >= 0.6 is 0 Å². The molecule has 1 aromatic carbocycles. The van der Waals surface area contributed by atoms with E-state index < -0.39 is 5.92 Å². The average Bonchev–Trinajstić information content (AvgIpc) is 3.36. The molecule has 0 bridgehead atoms. The first-order chi connectivity index (χ1) is 14.1. The number of nitrogens with one attached hydrogen (secondary N) is 1. The molecule has 2 aromatic heterocycles. The Morgan fingerprint density at radius 1 is 1.14 bits per heavy atom. The van der Waals surface area contributed by atoms with Gasteiger partial charge < -0.3 is 14.8 Å². The lowest BCUT2D eigenvalue weighted by Gasteiger charge is -2.16. The Kier molecular flexibility index (Phi) is 5.28. The summed E-state index contributed by atoms with van der Waals surface area (Å²) in [4.78, 5) is 38.9. The normalized spacial score (nSPS) is 16.2. The number of aromatic nitrogens is 4. The highest BCUT2D eigenvalue weighted by Gasteiger charge is 2.34. The van der Waals surface area contributed by atoms with E-state index in [2.05, 4.69) is 20.3 Å². The molecule has 4 rings (SSSR count). The summed E-state index contributed by atoms with van der Waals surface area (Å²) in [6.07, 6.45) is 6.88. The molecule has 148 valence electrons. The second-order valence-corrected chi connectivity index (χ2v) is 6.69. The molecule has 1 N–H and O–H groups in total. The first-order valence-corrected chi connectivity index (χ1v) is 9.24. The summed E-state index contributed by atoms with van der Waals surface area (Å²) in [6, 6.07) is 7.42. The van der Waals surface area contributed by atoms with E-state index in [0.717, 1.165) is 0 Å². The molecule has 1 unspecified atom stereocenters. The monoisotopic (exact) mass is 394 g/mol. The van der Waals surface area contributed by atoms with E-state index >= 15 is 0 Å². The fraction of sp³-hybridized carbons (Fsp3) is 0.250. The van der Waals surface area contributed by atoms with Crippen molar-refractivity contribution >= 4 is 17.5 Å². The third-order valence-electron chi connectivity index (χ3n) is 4.77.